The molecule has 0 radical (unpaired) electrons. The van der Waals surface area contributed by atoms with Gasteiger partial charge >= 0.3 is 0 Å². The monoisotopic (exact) mass is 510 g/mol. The van der Waals surface area contributed by atoms with Crippen molar-refractivity contribution in [1.82, 2.24) is 10.2 Å². The first-order valence-electron chi connectivity index (χ1n) is 12.0. The number of carbonyl (C=O) groups is 2. The van der Waals surface area contributed by atoms with Crippen LogP contribution in [0.4, 0.5) is 0 Å². The maximum Gasteiger partial charge on any atom is 0.243 e. The molecule has 0 aliphatic rings. The van der Waals surface area contributed by atoms with Crippen molar-refractivity contribution < 1.29 is 9.59 Å². The van der Waals surface area contributed by atoms with Crippen LogP contribution in [0.5, 0.6) is 0 Å². The minimum absolute atomic E-state index is 0.00838. The molecule has 4 nitrogen and oxygen atoms in total. The minimum atomic E-state index is -0.706. The van der Waals surface area contributed by atoms with Crippen LogP contribution in [-0.4, -0.2) is 28.8 Å². The van der Waals surface area contributed by atoms with E-state index in [4.69, 9.17) is 23.2 Å². The van der Waals surface area contributed by atoms with Crippen LogP contribution in [0.2, 0.25) is 10.0 Å². The number of nitrogens with zero attached hydrogens (tertiary/aromatic N) is 1. The molecule has 35 heavy (non-hydrogen) atoms. The lowest BCUT2D eigenvalue weighted by atomic mass is 10.0. The Kier molecular flexibility index (Phi) is 10.2. The summed E-state index contributed by atoms with van der Waals surface area (Å²) < 4.78 is 0. The van der Waals surface area contributed by atoms with Gasteiger partial charge in [-0.1, -0.05) is 96.9 Å². The number of hydrogen-bond donors (Lipinski definition) is 1. The first-order valence-corrected chi connectivity index (χ1v) is 12.7. The highest BCUT2D eigenvalue weighted by Gasteiger charge is 2.31. The van der Waals surface area contributed by atoms with Crippen molar-refractivity contribution in [2.45, 2.75) is 58.2 Å². The van der Waals surface area contributed by atoms with Crippen molar-refractivity contribution in [2.75, 3.05) is 0 Å². The zero-order valence-electron chi connectivity index (χ0n) is 20.2. The summed E-state index contributed by atoms with van der Waals surface area (Å²) in [4.78, 5) is 28.9. The third-order valence-electron chi connectivity index (χ3n) is 6.13. The van der Waals surface area contributed by atoms with Crippen LogP contribution < -0.4 is 5.32 Å². The second-order valence-corrected chi connectivity index (χ2v) is 9.55. The summed E-state index contributed by atoms with van der Waals surface area (Å²) in [6.07, 6.45) is 2.04. The highest BCUT2D eigenvalue weighted by molar-refractivity contribution is 6.36. The molecule has 0 spiro atoms. The third-order valence-corrected chi connectivity index (χ3v) is 6.84. The molecule has 184 valence electrons. The molecule has 0 saturated heterocycles. The first-order chi connectivity index (χ1) is 16.9. The standard InChI is InChI=1S/C29H32Cl2N2O2/c1-3-21(2)32-29(35)27(19-23-13-8-5-9-14-23)33(20-24-25(30)15-10-16-26(24)31)28(34)18-17-22-11-6-4-7-12-22/h4-16,21,27H,3,17-20H2,1-2H3,(H,32,35)/t21-,27+/m0/s1. The molecule has 0 saturated carbocycles. The Hall–Kier alpha value is -2.82. The highest BCUT2D eigenvalue weighted by Crippen LogP contribution is 2.27. The number of hydrogen-bond acceptors (Lipinski definition) is 2. The molecule has 0 aliphatic heterocycles. The first kappa shape index (κ1) is 26.8. The van der Waals surface area contributed by atoms with Crippen LogP contribution in [0.1, 0.15) is 43.4 Å². The number of halogens is 2. The van der Waals surface area contributed by atoms with Gasteiger partial charge in [-0.15, -0.1) is 0 Å². The van der Waals surface area contributed by atoms with Gasteiger partial charge in [-0.2, -0.15) is 0 Å². The average Bonchev–Trinajstić information content (AvgIpc) is 2.87. The second kappa shape index (κ2) is 13.3. The molecule has 1 N–H and O–H groups in total. The summed E-state index contributed by atoms with van der Waals surface area (Å²) in [7, 11) is 0. The fourth-order valence-electron chi connectivity index (χ4n) is 3.89. The predicted octanol–water partition coefficient (Wildman–Crippen LogP) is 6.48. The molecule has 0 unspecified atom stereocenters. The van der Waals surface area contributed by atoms with E-state index in [2.05, 4.69) is 5.32 Å². The van der Waals surface area contributed by atoms with Crippen LogP contribution in [0.15, 0.2) is 78.9 Å². The Bertz CT molecular complexity index is 1090. The number of nitrogens with one attached hydrogen (secondary N) is 1. The van der Waals surface area contributed by atoms with Crippen LogP contribution in [0, 0.1) is 0 Å². The summed E-state index contributed by atoms with van der Waals surface area (Å²) in [6, 6.07) is 24.2. The molecule has 6 heteroatoms. The Morgan fingerprint density at radius 1 is 0.857 bits per heavy atom. The molecule has 2 amide bonds. The summed E-state index contributed by atoms with van der Waals surface area (Å²) in [6.45, 7) is 4.13. The van der Waals surface area contributed by atoms with Gasteiger partial charge in [0, 0.05) is 41.0 Å². The van der Waals surface area contributed by atoms with Crippen LogP contribution in [0.25, 0.3) is 0 Å². The molecule has 0 aliphatic carbocycles. The maximum absolute atomic E-state index is 13.7. The highest BCUT2D eigenvalue weighted by atomic mass is 35.5. The predicted molar refractivity (Wildman–Crippen MR) is 144 cm³/mol. The average molecular weight is 511 g/mol. The van der Waals surface area contributed by atoms with Crippen molar-refractivity contribution in [3.63, 3.8) is 0 Å². The summed E-state index contributed by atoms with van der Waals surface area (Å²) in [5.74, 6) is -0.301. The fraction of sp³-hybridized carbons (Fsp3) is 0.310. The summed E-state index contributed by atoms with van der Waals surface area (Å²) >= 11 is 13.0. The zero-order chi connectivity index (χ0) is 25.2. The van der Waals surface area contributed by atoms with Gasteiger partial charge in [0.15, 0.2) is 0 Å². The lowest BCUT2D eigenvalue weighted by Gasteiger charge is -2.33. The van der Waals surface area contributed by atoms with Crippen LogP contribution in [0.3, 0.4) is 0 Å². The van der Waals surface area contributed by atoms with E-state index in [0.717, 1.165) is 17.5 Å². The van der Waals surface area contributed by atoms with Crippen molar-refractivity contribution in [2.24, 2.45) is 0 Å². The quantitative estimate of drug-likeness (QED) is 0.320. The van der Waals surface area contributed by atoms with Crippen molar-refractivity contribution >= 4 is 35.0 Å². The largest absolute Gasteiger partial charge is 0.352 e. The van der Waals surface area contributed by atoms with Crippen LogP contribution in [-0.2, 0) is 29.0 Å². The Labute approximate surface area is 218 Å². The minimum Gasteiger partial charge on any atom is -0.352 e. The second-order valence-electron chi connectivity index (χ2n) is 8.73. The topological polar surface area (TPSA) is 49.4 Å². The molecule has 3 rings (SSSR count). The number of carbonyl (C=O) groups excluding carboxylic acids is 2. The zero-order valence-corrected chi connectivity index (χ0v) is 21.7. The Morgan fingerprint density at radius 2 is 1.43 bits per heavy atom. The normalized spacial score (nSPS) is 12.6. The molecule has 2 atom stereocenters. The molecule has 0 aromatic heterocycles. The molecule has 3 aromatic carbocycles. The Morgan fingerprint density at radius 3 is 2.00 bits per heavy atom. The van der Waals surface area contributed by atoms with Crippen LogP contribution >= 0.6 is 23.2 Å². The van der Waals surface area contributed by atoms with E-state index in [0.29, 0.717) is 28.5 Å². The van der Waals surface area contributed by atoms with Gasteiger partial charge in [-0.3, -0.25) is 9.59 Å². The molecular weight excluding hydrogens is 479 g/mol. The van der Waals surface area contributed by atoms with E-state index in [1.165, 1.54) is 0 Å². The van der Waals surface area contributed by atoms with Gasteiger partial charge in [-0.05, 0) is 43.0 Å². The van der Waals surface area contributed by atoms with E-state index in [-0.39, 0.29) is 30.8 Å². The van der Waals surface area contributed by atoms with E-state index in [1.54, 1.807) is 23.1 Å². The van der Waals surface area contributed by atoms with E-state index in [9.17, 15) is 9.59 Å². The lowest BCUT2D eigenvalue weighted by molar-refractivity contribution is -0.141. The number of amides is 2. The van der Waals surface area contributed by atoms with E-state index < -0.39 is 6.04 Å². The number of aryl methyl sites for hydroxylation is 1. The lowest BCUT2D eigenvalue weighted by Crippen LogP contribution is -2.52. The maximum atomic E-state index is 13.7. The summed E-state index contributed by atoms with van der Waals surface area (Å²) in [5, 5.41) is 4.02. The number of benzene rings is 3. The Balaban J connectivity index is 1.96. The number of rotatable bonds is 11. The molecule has 0 bridgehead atoms. The molecule has 0 heterocycles. The SMILES string of the molecule is CC[C@H](C)NC(=O)[C@@H](Cc1ccccc1)N(Cc1c(Cl)cccc1Cl)C(=O)CCc1ccccc1. The van der Waals surface area contributed by atoms with E-state index in [1.807, 2.05) is 74.5 Å². The van der Waals surface area contributed by atoms with Gasteiger partial charge in [0.05, 0.1) is 0 Å². The molecule has 3 aromatic rings. The van der Waals surface area contributed by atoms with Gasteiger partial charge < -0.3 is 10.2 Å². The van der Waals surface area contributed by atoms with Gasteiger partial charge in [-0.25, -0.2) is 0 Å². The van der Waals surface area contributed by atoms with Crippen molar-refractivity contribution in [3.05, 3.63) is 106 Å². The third kappa shape index (κ3) is 7.84. The van der Waals surface area contributed by atoms with Crippen molar-refractivity contribution in [3.8, 4) is 0 Å². The van der Waals surface area contributed by atoms with Gasteiger partial charge in [0.2, 0.25) is 11.8 Å². The summed E-state index contributed by atoms with van der Waals surface area (Å²) in [5.41, 5.74) is 2.68. The van der Waals surface area contributed by atoms with Crippen molar-refractivity contribution in [1.29, 1.82) is 0 Å². The van der Waals surface area contributed by atoms with E-state index >= 15 is 0 Å². The molecule has 0 fully saturated rings. The fourth-order valence-corrected chi connectivity index (χ4v) is 4.41. The van der Waals surface area contributed by atoms with Gasteiger partial charge in [0.1, 0.15) is 6.04 Å². The molecular formula is C29H32Cl2N2O2. The smallest absolute Gasteiger partial charge is 0.243 e. The van der Waals surface area contributed by atoms with Gasteiger partial charge in [0.25, 0.3) is 0 Å².